The Morgan fingerprint density at radius 2 is 2.36 bits per heavy atom. The van der Waals surface area contributed by atoms with Gasteiger partial charge in [-0.1, -0.05) is 11.8 Å². The van der Waals surface area contributed by atoms with Gasteiger partial charge in [-0.3, -0.25) is 5.10 Å². The van der Waals surface area contributed by atoms with Crippen LogP contribution < -0.4 is 5.73 Å². The maximum absolute atomic E-state index is 5.35. The highest BCUT2D eigenvalue weighted by molar-refractivity contribution is 5.79. The van der Waals surface area contributed by atoms with Crippen molar-refractivity contribution in [3.63, 3.8) is 0 Å². The monoisotopic (exact) mass is 185 g/mol. The van der Waals surface area contributed by atoms with Crippen molar-refractivity contribution in [1.82, 2.24) is 10.2 Å². The summed E-state index contributed by atoms with van der Waals surface area (Å²) in [5, 5.41) is 7.96. The van der Waals surface area contributed by atoms with Crippen LogP contribution in [-0.2, 0) is 0 Å². The van der Waals surface area contributed by atoms with Crippen LogP contribution >= 0.6 is 0 Å². The molecule has 0 spiro atoms. The van der Waals surface area contributed by atoms with Crippen LogP contribution in [0, 0.1) is 11.8 Å². The molecule has 0 aliphatic carbocycles. The van der Waals surface area contributed by atoms with Gasteiger partial charge in [0.05, 0.1) is 11.7 Å². The average molecular weight is 185 g/mol. The minimum atomic E-state index is 0.610. The van der Waals surface area contributed by atoms with Crippen molar-refractivity contribution in [2.24, 2.45) is 5.73 Å². The van der Waals surface area contributed by atoms with Gasteiger partial charge in [0.25, 0.3) is 0 Å². The van der Waals surface area contributed by atoms with Crippen LogP contribution in [-0.4, -0.2) is 16.7 Å². The first-order valence-electron chi connectivity index (χ1n) is 4.52. The zero-order chi connectivity index (χ0) is 9.80. The SMILES string of the molecule is NCCC#Cc1ccc2cn[nH]c2c1. The maximum atomic E-state index is 5.35. The molecule has 0 aliphatic heterocycles. The molecule has 0 unspecified atom stereocenters. The smallest absolute Gasteiger partial charge is 0.0662 e. The van der Waals surface area contributed by atoms with E-state index in [1.807, 2.05) is 18.2 Å². The van der Waals surface area contributed by atoms with Crippen LogP contribution in [0.3, 0.4) is 0 Å². The van der Waals surface area contributed by atoms with Crippen molar-refractivity contribution in [2.75, 3.05) is 6.54 Å². The Labute approximate surface area is 82.3 Å². The second-order valence-corrected chi connectivity index (χ2v) is 3.01. The minimum Gasteiger partial charge on any atom is -0.330 e. The van der Waals surface area contributed by atoms with E-state index in [0.717, 1.165) is 22.9 Å². The lowest BCUT2D eigenvalue weighted by molar-refractivity contribution is 1.03. The number of H-pyrrole nitrogens is 1. The number of nitrogens with one attached hydrogen (secondary N) is 1. The number of nitrogens with two attached hydrogens (primary N) is 1. The first-order chi connectivity index (χ1) is 6.90. The second kappa shape index (κ2) is 3.95. The number of hydrogen-bond acceptors (Lipinski definition) is 2. The maximum Gasteiger partial charge on any atom is 0.0662 e. The highest BCUT2D eigenvalue weighted by Crippen LogP contribution is 2.11. The molecule has 3 heteroatoms. The molecule has 14 heavy (non-hydrogen) atoms. The summed E-state index contributed by atoms with van der Waals surface area (Å²) in [7, 11) is 0. The molecule has 0 saturated heterocycles. The molecule has 3 N–H and O–H groups in total. The Bertz CT molecular complexity index is 488. The number of nitrogens with zero attached hydrogens (tertiary/aromatic N) is 1. The predicted molar refractivity (Wildman–Crippen MR) is 56.6 cm³/mol. The van der Waals surface area contributed by atoms with Gasteiger partial charge in [-0.2, -0.15) is 5.10 Å². The molecule has 0 saturated carbocycles. The van der Waals surface area contributed by atoms with Gasteiger partial charge < -0.3 is 5.73 Å². The number of aromatic amines is 1. The molecule has 1 aromatic carbocycles. The van der Waals surface area contributed by atoms with Crippen molar-refractivity contribution < 1.29 is 0 Å². The molecule has 0 atom stereocenters. The third-order valence-corrected chi connectivity index (χ3v) is 1.94. The molecule has 0 amide bonds. The summed E-state index contributed by atoms with van der Waals surface area (Å²) in [5.41, 5.74) is 7.36. The fraction of sp³-hybridized carbons (Fsp3) is 0.182. The molecule has 1 aromatic heterocycles. The van der Waals surface area contributed by atoms with E-state index in [9.17, 15) is 0 Å². The number of rotatable bonds is 1. The standard InChI is InChI=1S/C11H11N3/c12-6-2-1-3-9-4-5-10-8-13-14-11(10)7-9/h4-5,7-8H,2,6,12H2,(H,13,14). The Morgan fingerprint density at radius 3 is 3.21 bits per heavy atom. The van der Waals surface area contributed by atoms with Gasteiger partial charge in [-0.15, -0.1) is 0 Å². The van der Waals surface area contributed by atoms with Crippen LogP contribution in [0.2, 0.25) is 0 Å². The summed E-state index contributed by atoms with van der Waals surface area (Å²) in [6.45, 7) is 0.610. The lowest BCUT2D eigenvalue weighted by Crippen LogP contribution is -1.95. The van der Waals surface area contributed by atoms with Crippen molar-refractivity contribution >= 4 is 10.9 Å². The quantitative estimate of drug-likeness (QED) is 0.657. The molecular formula is C11H11N3. The second-order valence-electron chi connectivity index (χ2n) is 3.01. The number of aromatic nitrogens is 2. The van der Waals surface area contributed by atoms with E-state index in [0.29, 0.717) is 6.54 Å². The van der Waals surface area contributed by atoms with E-state index in [1.54, 1.807) is 6.20 Å². The summed E-state index contributed by atoms with van der Waals surface area (Å²) in [6, 6.07) is 5.98. The molecule has 0 fully saturated rings. The lowest BCUT2D eigenvalue weighted by Gasteiger charge is -1.90. The molecule has 0 bridgehead atoms. The largest absolute Gasteiger partial charge is 0.330 e. The third-order valence-electron chi connectivity index (χ3n) is 1.94. The van der Waals surface area contributed by atoms with Crippen LogP contribution in [0.25, 0.3) is 10.9 Å². The normalized spacial score (nSPS) is 9.79. The van der Waals surface area contributed by atoms with E-state index >= 15 is 0 Å². The number of hydrogen-bond donors (Lipinski definition) is 2. The zero-order valence-electron chi connectivity index (χ0n) is 7.75. The summed E-state index contributed by atoms with van der Waals surface area (Å²) in [4.78, 5) is 0. The molecular weight excluding hydrogens is 174 g/mol. The Balaban J connectivity index is 2.31. The van der Waals surface area contributed by atoms with Gasteiger partial charge in [-0.05, 0) is 18.2 Å². The fourth-order valence-corrected chi connectivity index (χ4v) is 1.25. The molecule has 1 heterocycles. The van der Waals surface area contributed by atoms with Gasteiger partial charge in [0.15, 0.2) is 0 Å². The minimum absolute atomic E-state index is 0.610. The lowest BCUT2D eigenvalue weighted by atomic mass is 10.2. The van der Waals surface area contributed by atoms with Gasteiger partial charge in [-0.25, -0.2) is 0 Å². The molecule has 2 aromatic rings. The zero-order valence-corrected chi connectivity index (χ0v) is 7.75. The molecule has 3 nitrogen and oxygen atoms in total. The van der Waals surface area contributed by atoms with Crippen LogP contribution in [0.5, 0.6) is 0 Å². The average Bonchev–Trinajstić information content (AvgIpc) is 2.65. The van der Waals surface area contributed by atoms with Gasteiger partial charge in [0.2, 0.25) is 0 Å². The summed E-state index contributed by atoms with van der Waals surface area (Å²) < 4.78 is 0. The first-order valence-corrected chi connectivity index (χ1v) is 4.52. The first kappa shape index (κ1) is 8.79. The van der Waals surface area contributed by atoms with E-state index in [-0.39, 0.29) is 0 Å². The predicted octanol–water partition coefficient (Wildman–Crippen LogP) is 1.26. The highest BCUT2D eigenvalue weighted by Gasteiger charge is 1.94. The topological polar surface area (TPSA) is 54.7 Å². The molecule has 2 rings (SSSR count). The Hall–Kier alpha value is -1.79. The van der Waals surface area contributed by atoms with Crippen molar-refractivity contribution in [3.8, 4) is 11.8 Å². The summed E-state index contributed by atoms with van der Waals surface area (Å²) in [5.74, 6) is 6.05. The third kappa shape index (κ3) is 1.76. The fourth-order valence-electron chi connectivity index (χ4n) is 1.25. The van der Waals surface area contributed by atoms with E-state index in [2.05, 4.69) is 22.0 Å². The van der Waals surface area contributed by atoms with E-state index < -0.39 is 0 Å². The van der Waals surface area contributed by atoms with Crippen molar-refractivity contribution in [2.45, 2.75) is 6.42 Å². The molecule has 0 radical (unpaired) electrons. The molecule has 0 aliphatic rings. The number of fused-ring (bicyclic) bond motifs is 1. The van der Waals surface area contributed by atoms with Crippen LogP contribution in [0.4, 0.5) is 0 Å². The van der Waals surface area contributed by atoms with Crippen molar-refractivity contribution in [1.29, 1.82) is 0 Å². The van der Waals surface area contributed by atoms with E-state index in [1.165, 1.54) is 0 Å². The highest BCUT2D eigenvalue weighted by atomic mass is 15.1. The molecule has 70 valence electrons. The van der Waals surface area contributed by atoms with Crippen LogP contribution in [0.15, 0.2) is 24.4 Å². The summed E-state index contributed by atoms with van der Waals surface area (Å²) in [6.07, 6.45) is 2.54. The van der Waals surface area contributed by atoms with Gasteiger partial charge in [0, 0.05) is 23.9 Å². The van der Waals surface area contributed by atoms with E-state index in [4.69, 9.17) is 5.73 Å². The van der Waals surface area contributed by atoms with Gasteiger partial charge >= 0.3 is 0 Å². The number of benzene rings is 1. The Kier molecular flexibility index (Phi) is 2.48. The van der Waals surface area contributed by atoms with Crippen molar-refractivity contribution in [3.05, 3.63) is 30.0 Å². The Morgan fingerprint density at radius 1 is 1.43 bits per heavy atom. The summed E-state index contributed by atoms with van der Waals surface area (Å²) >= 11 is 0. The van der Waals surface area contributed by atoms with Gasteiger partial charge in [0.1, 0.15) is 0 Å². The van der Waals surface area contributed by atoms with Crippen LogP contribution in [0.1, 0.15) is 12.0 Å².